The Morgan fingerprint density at radius 3 is 3.00 bits per heavy atom. The predicted molar refractivity (Wildman–Crippen MR) is 82.0 cm³/mol. The average molecular weight is 295 g/mol. The molecule has 3 aromatic rings. The molecule has 0 atom stereocenters. The van der Waals surface area contributed by atoms with Crippen molar-refractivity contribution in [1.82, 2.24) is 24.3 Å². The van der Waals surface area contributed by atoms with E-state index in [1.807, 2.05) is 30.1 Å². The fourth-order valence-corrected chi connectivity index (χ4v) is 2.87. The lowest BCUT2D eigenvalue weighted by atomic mass is 10.1. The van der Waals surface area contributed by atoms with Crippen LogP contribution in [0.25, 0.3) is 17.1 Å². The normalized spacial score (nSPS) is 12.5. The van der Waals surface area contributed by atoms with Gasteiger partial charge in [-0.25, -0.2) is 14.6 Å². The fraction of sp³-hybridized carbons (Fsp3) is 0.312. The summed E-state index contributed by atoms with van der Waals surface area (Å²) in [5, 5.41) is 4.65. The molecule has 0 saturated heterocycles. The minimum Gasteiger partial charge on any atom is -0.384 e. The maximum Gasteiger partial charge on any atom is 0.160 e. The molecule has 0 fully saturated rings. The number of para-hydroxylation sites is 1. The van der Waals surface area contributed by atoms with E-state index in [-0.39, 0.29) is 0 Å². The van der Waals surface area contributed by atoms with Gasteiger partial charge in [-0.1, -0.05) is 12.1 Å². The maximum atomic E-state index is 5.13. The molecule has 1 aliphatic rings. The van der Waals surface area contributed by atoms with Gasteiger partial charge in [-0.3, -0.25) is 0 Å². The van der Waals surface area contributed by atoms with E-state index in [0.29, 0.717) is 13.2 Å². The Labute approximate surface area is 128 Å². The first kappa shape index (κ1) is 13.2. The topological polar surface area (TPSA) is 57.8 Å². The number of hydrogen-bond donors (Lipinski definition) is 0. The van der Waals surface area contributed by atoms with Crippen LogP contribution in [0.15, 0.2) is 30.6 Å². The molecular weight excluding hydrogens is 278 g/mol. The van der Waals surface area contributed by atoms with Crippen LogP contribution in [-0.2, 0) is 17.7 Å². The molecule has 6 heteroatoms. The van der Waals surface area contributed by atoms with Crippen molar-refractivity contribution in [3.63, 3.8) is 0 Å². The highest BCUT2D eigenvalue weighted by Gasteiger charge is 2.23. The van der Waals surface area contributed by atoms with E-state index >= 15 is 0 Å². The standard InChI is InChI=1S/C16H17N5O/c1-11-14-9-21-16(18-15(19-21)7-8-22-2)12-5-3-4-6-13(12)20(14)10-17-11/h3-6,10H,7-9H2,1-2H3. The van der Waals surface area contributed by atoms with Crippen molar-refractivity contribution in [2.24, 2.45) is 0 Å². The van der Waals surface area contributed by atoms with E-state index in [4.69, 9.17) is 9.72 Å². The zero-order valence-electron chi connectivity index (χ0n) is 12.7. The molecule has 3 heterocycles. The van der Waals surface area contributed by atoms with Gasteiger partial charge in [0.2, 0.25) is 0 Å². The van der Waals surface area contributed by atoms with Crippen LogP contribution in [0.5, 0.6) is 0 Å². The van der Waals surface area contributed by atoms with Crippen molar-refractivity contribution in [1.29, 1.82) is 0 Å². The van der Waals surface area contributed by atoms with Crippen molar-refractivity contribution in [2.45, 2.75) is 19.9 Å². The van der Waals surface area contributed by atoms with Crippen LogP contribution < -0.4 is 0 Å². The second kappa shape index (κ2) is 5.06. The number of methoxy groups -OCH3 is 1. The van der Waals surface area contributed by atoms with Gasteiger partial charge in [0.15, 0.2) is 11.6 Å². The van der Waals surface area contributed by atoms with Crippen LogP contribution in [0.4, 0.5) is 0 Å². The number of fused-ring (bicyclic) bond motifs is 5. The Morgan fingerprint density at radius 2 is 2.14 bits per heavy atom. The van der Waals surface area contributed by atoms with Gasteiger partial charge >= 0.3 is 0 Å². The first-order valence-electron chi connectivity index (χ1n) is 7.33. The monoisotopic (exact) mass is 295 g/mol. The van der Waals surface area contributed by atoms with E-state index < -0.39 is 0 Å². The Hall–Kier alpha value is -2.47. The number of ether oxygens (including phenoxy) is 1. The number of benzene rings is 1. The van der Waals surface area contributed by atoms with Crippen molar-refractivity contribution in [3.8, 4) is 17.1 Å². The van der Waals surface area contributed by atoms with E-state index in [1.54, 1.807) is 7.11 Å². The summed E-state index contributed by atoms with van der Waals surface area (Å²) in [6.07, 6.45) is 2.60. The van der Waals surface area contributed by atoms with Crippen LogP contribution in [0.2, 0.25) is 0 Å². The van der Waals surface area contributed by atoms with Crippen molar-refractivity contribution in [3.05, 3.63) is 47.8 Å². The van der Waals surface area contributed by atoms with Gasteiger partial charge in [-0.2, -0.15) is 5.10 Å². The lowest BCUT2D eigenvalue weighted by molar-refractivity contribution is 0.200. The lowest BCUT2D eigenvalue weighted by Crippen LogP contribution is -2.06. The number of nitrogens with zero attached hydrogens (tertiary/aromatic N) is 5. The SMILES string of the molecule is COCCc1nc2n(n1)Cc1c(C)ncn1-c1ccccc1-2. The van der Waals surface area contributed by atoms with Crippen LogP contribution in [0.1, 0.15) is 17.2 Å². The van der Waals surface area contributed by atoms with E-state index in [9.17, 15) is 0 Å². The second-order valence-corrected chi connectivity index (χ2v) is 5.42. The van der Waals surface area contributed by atoms with Crippen LogP contribution in [0, 0.1) is 6.92 Å². The first-order valence-corrected chi connectivity index (χ1v) is 7.33. The zero-order valence-corrected chi connectivity index (χ0v) is 12.7. The Kier molecular flexibility index (Phi) is 3.04. The molecule has 2 aromatic heterocycles. The van der Waals surface area contributed by atoms with Gasteiger partial charge in [0, 0.05) is 19.1 Å². The molecule has 1 aromatic carbocycles. The summed E-state index contributed by atoms with van der Waals surface area (Å²) in [5.41, 5.74) is 4.35. The molecule has 0 spiro atoms. The summed E-state index contributed by atoms with van der Waals surface area (Å²) >= 11 is 0. The summed E-state index contributed by atoms with van der Waals surface area (Å²) in [6.45, 7) is 3.33. The number of rotatable bonds is 3. The second-order valence-electron chi connectivity index (χ2n) is 5.42. The van der Waals surface area contributed by atoms with Gasteiger partial charge in [0.25, 0.3) is 0 Å². The van der Waals surface area contributed by atoms with Crippen molar-refractivity contribution in [2.75, 3.05) is 13.7 Å². The summed E-state index contributed by atoms with van der Waals surface area (Å²) in [7, 11) is 1.69. The molecular formula is C16H17N5O. The predicted octanol–water partition coefficient (Wildman–Crippen LogP) is 1.99. The molecule has 0 aliphatic carbocycles. The fourth-order valence-electron chi connectivity index (χ4n) is 2.87. The average Bonchev–Trinajstić information content (AvgIpc) is 3.07. The molecule has 0 N–H and O–H groups in total. The van der Waals surface area contributed by atoms with Gasteiger partial charge in [-0.15, -0.1) is 0 Å². The molecule has 4 rings (SSSR count). The third kappa shape index (κ3) is 1.95. The highest BCUT2D eigenvalue weighted by molar-refractivity contribution is 5.69. The Bertz CT molecular complexity index is 833. The molecule has 22 heavy (non-hydrogen) atoms. The third-order valence-electron chi connectivity index (χ3n) is 4.02. The Morgan fingerprint density at radius 1 is 1.27 bits per heavy atom. The molecule has 1 aliphatic heterocycles. The minimum atomic E-state index is 0.627. The third-order valence-corrected chi connectivity index (χ3v) is 4.02. The molecule has 0 radical (unpaired) electrons. The highest BCUT2D eigenvalue weighted by atomic mass is 16.5. The molecule has 6 nitrogen and oxygen atoms in total. The first-order chi connectivity index (χ1) is 10.8. The smallest absolute Gasteiger partial charge is 0.160 e. The van der Waals surface area contributed by atoms with Crippen molar-refractivity contribution >= 4 is 0 Å². The Balaban J connectivity index is 1.91. The summed E-state index contributed by atoms with van der Waals surface area (Å²) in [6, 6.07) is 8.25. The number of aryl methyl sites for hydroxylation is 1. The zero-order chi connectivity index (χ0) is 15.1. The molecule has 0 bridgehead atoms. The van der Waals surface area contributed by atoms with E-state index in [1.165, 1.54) is 0 Å². The van der Waals surface area contributed by atoms with Crippen molar-refractivity contribution < 1.29 is 4.74 Å². The lowest BCUT2D eigenvalue weighted by Gasteiger charge is -2.07. The minimum absolute atomic E-state index is 0.627. The molecule has 0 saturated carbocycles. The molecule has 0 unspecified atom stereocenters. The number of aromatic nitrogens is 5. The van der Waals surface area contributed by atoms with Gasteiger partial charge < -0.3 is 9.30 Å². The molecule has 0 amide bonds. The van der Waals surface area contributed by atoms with Crippen LogP contribution in [0.3, 0.4) is 0 Å². The van der Waals surface area contributed by atoms with Crippen LogP contribution >= 0.6 is 0 Å². The summed E-state index contributed by atoms with van der Waals surface area (Å²) in [4.78, 5) is 9.17. The number of imidazole rings is 1. The van der Waals surface area contributed by atoms with Crippen LogP contribution in [-0.4, -0.2) is 38.0 Å². The molecule has 112 valence electrons. The summed E-state index contributed by atoms with van der Waals surface area (Å²) in [5.74, 6) is 1.72. The largest absolute Gasteiger partial charge is 0.384 e. The van der Waals surface area contributed by atoms with E-state index in [0.717, 1.165) is 40.7 Å². The quantitative estimate of drug-likeness (QED) is 0.580. The van der Waals surface area contributed by atoms with Gasteiger partial charge in [0.05, 0.1) is 36.6 Å². The maximum absolute atomic E-state index is 5.13. The van der Waals surface area contributed by atoms with Gasteiger partial charge in [-0.05, 0) is 19.1 Å². The van der Waals surface area contributed by atoms with Gasteiger partial charge in [0.1, 0.15) is 0 Å². The highest BCUT2D eigenvalue weighted by Crippen LogP contribution is 2.31. The van der Waals surface area contributed by atoms with E-state index in [2.05, 4.69) is 26.8 Å². The number of hydrogen-bond acceptors (Lipinski definition) is 4. The summed E-state index contributed by atoms with van der Waals surface area (Å²) < 4.78 is 9.24.